The van der Waals surface area contributed by atoms with Gasteiger partial charge in [0, 0.05) is 6.42 Å². The van der Waals surface area contributed by atoms with E-state index in [1.807, 2.05) is 0 Å². The predicted octanol–water partition coefficient (Wildman–Crippen LogP) is 1.14. The van der Waals surface area contributed by atoms with Crippen LogP contribution in [0.4, 0.5) is 0 Å². The van der Waals surface area contributed by atoms with Gasteiger partial charge in [-0.15, -0.1) is 0 Å². The van der Waals surface area contributed by atoms with E-state index < -0.39 is 41.1 Å². The van der Waals surface area contributed by atoms with Crippen LogP contribution in [-0.2, 0) is 23.7 Å². The highest BCUT2D eigenvalue weighted by Gasteiger charge is 2.70. The second-order valence-corrected chi connectivity index (χ2v) is 7.65. The van der Waals surface area contributed by atoms with Gasteiger partial charge >= 0.3 is 0 Å². The fraction of sp³-hybridized carbons (Fsp3) is 0.933. The summed E-state index contributed by atoms with van der Waals surface area (Å²) < 4.78 is 23.4. The average Bonchev–Trinajstić information content (AvgIpc) is 2.71. The lowest BCUT2D eigenvalue weighted by molar-refractivity contribution is -0.220. The summed E-state index contributed by atoms with van der Waals surface area (Å²) in [6.07, 6.45) is -1.61. The molecule has 1 unspecified atom stereocenters. The van der Waals surface area contributed by atoms with Gasteiger partial charge in [0.15, 0.2) is 23.5 Å². The van der Waals surface area contributed by atoms with Crippen molar-refractivity contribution >= 4 is 5.78 Å². The van der Waals surface area contributed by atoms with E-state index in [2.05, 4.69) is 0 Å². The Hall–Kier alpha value is -0.530. The maximum atomic E-state index is 12.8. The van der Waals surface area contributed by atoms with Crippen LogP contribution in [0, 0.1) is 0 Å². The minimum atomic E-state index is -1.25. The molecule has 1 aliphatic carbocycles. The SMILES string of the molecule is CC1(C)OC2C(=O)[C@@H]3OC(C)(C)O[C@]3(C(C)(C)O)C[C@H]2O1. The van der Waals surface area contributed by atoms with Crippen LogP contribution in [0.1, 0.15) is 48.0 Å². The molecule has 0 amide bonds. The number of ether oxygens (including phenoxy) is 4. The van der Waals surface area contributed by atoms with Crippen LogP contribution in [0.5, 0.6) is 0 Å². The molecule has 3 aliphatic rings. The second-order valence-electron chi connectivity index (χ2n) is 7.65. The molecule has 6 heteroatoms. The highest BCUT2D eigenvalue weighted by molar-refractivity contribution is 5.91. The first-order valence-electron chi connectivity index (χ1n) is 7.37. The van der Waals surface area contributed by atoms with Crippen molar-refractivity contribution in [3.63, 3.8) is 0 Å². The zero-order valence-corrected chi connectivity index (χ0v) is 13.4. The number of ketones is 1. The lowest BCUT2D eigenvalue weighted by Crippen LogP contribution is -2.66. The molecule has 2 heterocycles. The van der Waals surface area contributed by atoms with Gasteiger partial charge in [0.1, 0.15) is 11.7 Å². The van der Waals surface area contributed by atoms with Gasteiger partial charge in [-0.1, -0.05) is 0 Å². The Kier molecular flexibility index (Phi) is 2.97. The topological polar surface area (TPSA) is 74.2 Å². The van der Waals surface area contributed by atoms with E-state index in [1.165, 1.54) is 0 Å². The van der Waals surface area contributed by atoms with Crippen molar-refractivity contribution in [1.29, 1.82) is 0 Å². The number of hydrogen-bond acceptors (Lipinski definition) is 6. The van der Waals surface area contributed by atoms with E-state index in [-0.39, 0.29) is 5.78 Å². The van der Waals surface area contributed by atoms with Gasteiger partial charge in [-0.25, -0.2) is 0 Å². The zero-order valence-electron chi connectivity index (χ0n) is 13.4. The van der Waals surface area contributed by atoms with Crippen LogP contribution in [0.2, 0.25) is 0 Å². The molecule has 0 aromatic heterocycles. The highest BCUT2D eigenvalue weighted by atomic mass is 16.8. The number of rotatable bonds is 1. The summed E-state index contributed by atoms with van der Waals surface area (Å²) in [4.78, 5) is 12.8. The zero-order chi connectivity index (χ0) is 15.8. The van der Waals surface area contributed by atoms with Gasteiger partial charge in [0.25, 0.3) is 0 Å². The molecule has 0 spiro atoms. The minimum absolute atomic E-state index is 0.218. The third kappa shape index (κ3) is 2.16. The number of Topliss-reactive ketones (excluding diaryl/α,β-unsaturated/α-hetero) is 1. The van der Waals surface area contributed by atoms with E-state index >= 15 is 0 Å². The smallest absolute Gasteiger partial charge is 0.196 e. The molecular formula is C15H24O6. The molecule has 1 N–H and O–H groups in total. The Balaban J connectivity index is 2.03. The molecular weight excluding hydrogens is 276 g/mol. The van der Waals surface area contributed by atoms with Crippen molar-refractivity contribution in [2.75, 3.05) is 0 Å². The van der Waals surface area contributed by atoms with Gasteiger partial charge in [-0.3, -0.25) is 4.79 Å². The van der Waals surface area contributed by atoms with Crippen LogP contribution >= 0.6 is 0 Å². The van der Waals surface area contributed by atoms with Crippen molar-refractivity contribution in [1.82, 2.24) is 0 Å². The fourth-order valence-corrected chi connectivity index (χ4v) is 3.70. The van der Waals surface area contributed by atoms with Crippen LogP contribution < -0.4 is 0 Å². The maximum absolute atomic E-state index is 12.8. The average molecular weight is 300 g/mol. The lowest BCUT2D eigenvalue weighted by atomic mass is 9.70. The van der Waals surface area contributed by atoms with E-state index in [4.69, 9.17) is 18.9 Å². The monoisotopic (exact) mass is 300 g/mol. The van der Waals surface area contributed by atoms with E-state index in [9.17, 15) is 9.90 Å². The number of carbonyl (C=O) groups excluding carboxylic acids is 1. The fourth-order valence-electron chi connectivity index (χ4n) is 3.70. The van der Waals surface area contributed by atoms with Crippen LogP contribution in [0.15, 0.2) is 0 Å². The molecule has 0 radical (unpaired) electrons. The first kappa shape index (κ1) is 15.4. The van der Waals surface area contributed by atoms with Gasteiger partial charge in [-0.2, -0.15) is 0 Å². The van der Waals surface area contributed by atoms with Crippen molar-refractivity contribution in [3.05, 3.63) is 0 Å². The Morgan fingerprint density at radius 1 is 1.10 bits per heavy atom. The van der Waals surface area contributed by atoms with Crippen LogP contribution in [0.3, 0.4) is 0 Å². The van der Waals surface area contributed by atoms with E-state index in [1.54, 1.807) is 41.5 Å². The standard InChI is InChI=1S/C15H24O6/c1-12(2,17)15-7-8-10(19-13(3,4)18-8)9(16)11(15)20-14(5,6)21-15/h8,10-11,17H,7H2,1-6H3/t8-,10?,11+,15-/m1/s1. The third-order valence-electron chi connectivity index (χ3n) is 4.52. The summed E-state index contributed by atoms with van der Waals surface area (Å²) in [5.74, 6) is -1.97. The van der Waals surface area contributed by atoms with Crippen LogP contribution in [-0.4, -0.2) is 52.0 Å². The molecule has 2 aliphatic heterocycles. The lowest BCUT2D eigenvalue weighted by Gasteiger charge is -2.46. The van der Waals surface area contributed by atoms with Crippen molar-refractivity contribution in [2.24, 2.45) is 0 Å². The molecule has 0 aromatic carbocycles. The molecule has 120 valence electrons. The Morgan fingerprint density at radius 2 is 1.71 bits per heavy atom. The summed E-state index contributed by atoms with van der Waals surface area (Å²) in [5, 5.41) is 10.6. The molecule has 21 heavy (non-hydrogen) atoms. The molecule has 2 saturated heterocycles. The Labute approximate surface area is 124 Å². The largest absolute Gasteiger partial charge is 0.387 e. The summed E-state index contributed by atoms with van der Waals surface area (Å²) in [5.41, 5.74) is -2.37. The first-order chi connectivity index (χ1) is 9.37. The van der Waals surface area contributed by atoms with Crippen molar-refractivity contribution in [2.45, 2.75) is 89.1 Å². The van der Waals surface area contributed by atoms with E-state index in [0.717, 1.165) is 0 Å². The normalized spacial score (nSPS) is 44.5. The predicted molar refractivity (Wildman–Crippen MR) is 72.5 cm³/mol. The van der Waals surface area contributed by atoms with Crippen molar-refractivity contribution in [3.8, 4) is 0 Å². The summed E-state index contributed by atoms with van der Waals surface area (Å²) in [6.45, 7) is 10.3. The van der Waals surface area contributed by atoms with Gasteiger partial charge in [-0.05, 0) is 41.5 Å². The number of fused-ring (bicyclic) bond motifs is 2. The van der Waals surface area contributed by atoms with Gasteiger partial charge in [0.2, 0.25) is 0 Å². The summed E-state index contributed by atoms with van der Waals surface area (Å²) >= 11 is 0. The molecule has 3 fully saturated rings. The molecule has 0 aromatic rings. The van der Waals surface area contributed by atoms with Gasteiger partial charge < -0.3 is 24.1 Å². The molecule has 6 nitrogen and oxygen atoms in total. The molecule has 1 saturated carbocycles. The quantitative estimate of drug-likeness (QED) is 0.783. The molecule has 0 bridgehead atoms. The third-order valence-corrected chi connectivity index (χ3v) is 4.52. The number of carbonyl (C=O) groups is 1. The second kappa shape index (κ2) is 4.06. The highest BCUT2D eigenvalue weighted by Crippen LogP contribution is 2.52. The molecule has 4 atom stereocenters. The summed E-state index contributed by atoms with van der Waals surface area (Å²) in [6, 6.07) is 0. The summed E-state index contributed by atoms with van der Waals surface area (Å²) in [7, 11) is 0. The van der Waals surface area contributed by atoms with E-state index in [0.29, 0.717) is 6.42 Å². The maximum Gasteiger partial charge on any atom is 0.196 e. The van der Waals surface area contributed by atoms with Crippen LogP contribution in [0.25, 0.3) is 0 Å². The van der Waals surface area contributed by atoms with Crippen molar-refractivity contribution < 1.29 is 28.8 Å². The minimum Gasteiger partial charge on any atom is -0.387 e. The Bertz CT molecular complexity index is 477. The first-order valence-corrected chi connectivity index (χ1v) is 7.37. The van der Waals surface area contributed by atoms with Gasteiger partial charge in [0.05, 0.1) is 11.7 Å². The Morgan fingerprint density at radius 3 is 2.29 bits per heavy atom. The number of aliphatic hydroxyl groups is 1. The number of hydrogen-bond donors (Lipinski definition) is 1. The molecule has 3 rings (SSSR count).